The Morgan fingerprint density at radius 3 is 2.95 bits per heavy atom. The summed E-state index contributed by atoms with van der Waals surface area (Å²) < 4.78 is 5.27. The number of aromatic amines is 1. The summed E-state index contributed by atoms with van der Waals surface area (Å²) in [5.41, 5.74) is 2.61. The minimum atomic E-state index is 0.507. The quantitative estimate of drug-likeness (QED) is 0.776. The lowest BCUT2D eigenvalue weighted by Crippen LogP contribution is -1.97. The molecule has 0 bridgehead atoms. The van der Waals surface area contributed by atoms with Gasteiger partial charge >= 0.3 is 0 Å². The number of anilines is 1. The van der Waals surface area contributed by atoms with Crippen LogP contribution in [0.5, 0.6) is 5.75 Å². The SMILES string of the molecule is CNc1ncc(Cl)c(-c2c[nH]c3ccc(OC)cc23)n1. The van der Waals surface area contributed by atoms with E-state index in [0.717, 1.165) is 22.2 Å². The van der Waals surface area contributed by atoms with Crippen molar-refractivity contribution in [2.24, 2.45) is 0 Å². The van der Waals surface area contributed by atoms with Crippen LogP contribution in [-0.2, 0) is 0 Å². The van der Waals surface area contributed by atoms with Gasteiger partial charge in [-0.3, -0.25) is 0 Å². The highest BCUT2D eigenvalue weighted by Crippen LogP contribution is 2.34. The number of benzene rings is 1. The lowest BCUT2D eigenvalue weighted by Gasteiger charge is -2.05. The number of fused-ring (bicyclic) bond motifs is 1. The number of rotatable bonds is 3. The summed E-state index contributed by atoms with van der Waals surface area (Å²) in [5, 5.41) is 4.43. The van der Waals surface area contributed by atoms with Gasteiger partial charge in [0.2, 0.25) is 5.95 Å². The maximum Gasteiger partial charge on any atom is 0.223 e. The summed E-state index contributed by atoms with van der Waals surface area (Å²) in [4.78, 5) is 11.7. The molecule has 0 aliphatic heterocycles. The molecule has 0 saturated carbocycles. The number of hydrogen-bond acceptors (Lipinski definition) is 4. The molecule has 1 aromatic carbocycles. The summed E-state index contributed by atoms with van der Waals surface area (Å²) in [7, 11) is 3.41. The molecule has 3 aromatic rings. The minimum Gasteiger partial charge on any atom is -0.497 e. The van der Waals surface area contributed by atoms with Gasteiger partial charge in [-0.2, -0.15) is 0 Å². The van der Waals surface area contributed by atoms with Gasteiger partial charge in [0.05, 0.1) is 24.0 Å². The Labute approximate surface area is 121 Å². The first-order valence-electron chi connectivity index (χ1n) is 6.08. The molecule has 6 heteroatoms. The first-order valence-corrected chi connectivity index (χ1v) is 6.46. The smallest absolute Gasteiger partial charge is 0.223 e. The van der Waals surface area contributed by atoms with E-state index in [1.54, 1.807) is 20.4 Å². The van der Waals surface area contributed by atoms with Gasteiger partial charge in [0.25, 0.3) is 0 Å². The molecule has 0 unspecified atom stereocenters. The van der Waals surface area contributed by atoms with Crippen molar-refractivity contribution in [3.05, 3.63) is 35.6 Å². The van der Waals surface area contributed by atoms with Gasteiger partial charge in [-0.1, -0.05) is 11.6 Å². The molecule has 0 amide bonds. The molecule has 2 N–H and O–H groups in total. The Hall–Kier alpha value is -2.27. The number of halogens is 1. The average Bonchev–Trinajstić information content (AvgIpc) is 2.90. The van der Waals surface area contributed by atoms with Crippen LogP contribution in [0.1, 0.15) is 0 Å². The number of hydrogen-bond donors (Lipinski definition) is 2. The molecular weight excluding hydrogens is 276 g/mol. The van der Waals surface area contributed by atoms with Crippen molar-refractivity contribution >= 4 is 28.5 Å². The van der Waals surface area contributed by atoms with E-state index in [0.29, 0.717) is 16.7 Å². The second-order valence-corrected chi connectivity index (χ2v) is 4.66. The molecule has 0 fully saturated rings. The van der Waals surface area contributed by atoms with Gasteiger partial charge in [-0.25, -0.2) is 9.97 Å². The summed E-state index contributed by atoms with van der Waals surface area (Å²) in [6.45, 7) is 0. The predicted molar refractivity (Wildman–Crippen MR) is 80.4 cm³/mol. The van der Waals surface area contributed by atoms with Crippen LogP contribution in [0.4, 0.5) is 5.95 Å². The Balaban J connectivity index is 2.23. The van der Waals surface area contributed by atoms with E-state index in [2.05, 4.69) is 20.3 Å². The summed E-state index contributed by atoms with van der Waals surface area (Å²) in [6, 6.07) is 5.83. The van der Waals surface area contributed by atoms with Gasteiger partial charge < -0.3 is 15.0 Å². The third-order valence-electron chi connectivity index (χ3n) is 3.11. The second kappa shape index (κ2) is 5.02. The largest absolute Gasteiger partial charge is 0.497 e. The van der Waals surface area contributed by atoms with Crippen molar-refractivity contribution in [3.63, 3.8) is 0 Å². The molecule has 0 saturated heterocycles. The van der Waals surface area contributed by atoms with Gasteiger partial charge in [0.15, 0.2) is 0 Å². The Bertz CT molecular complexity index is 769. The van der Waals surface area contributed by atoms with Gasteiger partial charge in [-0.15, -0.1) is 0 Å². The fraction of sp³-hybridized carbons (Fsp3) is 0.143. The summed E-state index contributed by atoms with van der Waals surface area (Å²) in [5.74, 6) is 1.32. The van der Waals surface area contributed by atoms with Crippen molar-refractivity contribution in [2.45, 2.75) is 0 Å². The molecule has 0 atom stereocenters. The zero-order valence-electron chi connectivity index (χ0n) is 11.1. The summed E-state index contributed by atoms with van der Waals surface area (Å²) in [6.07, 6.45) is 3.48. The van der Waals surface area contributed by atoms with Crippen molar-refractivity contribution in [1.82, 2.24) is 15.0 Å². The lowest BCUT2D eigenvalue weighted by molar-refractivity contribution is 0.415. The maximum absolute atomic E-state index is 6.22. The number of methoxy groups -OCH3 is 1. The fourth-order valence-electron chi connectivity index (χ4n) is 2.10. The predicted octanol–water partition coefficient (Wildman–Crippen LogP) is 3.33. The van der Waals surface area contributed by atoms with Crippen LogP contribution >= 0.6 is 11.6 Å². The number of ether oxygens (including phenoxy) is 1. The van der Waals surface area contributed by atoms with Crippen molar-refractivity contribution in [1.29, 1.82) is 0 Å². The Kier molecular flexibility index (Phi) is 3.20. The summed E-state index contributed by atoms with van der Waals surface area (Å²) >= 11 is 6.22. The number of aromatic nitrogens is 3. The van der Waals surface area contributed by atoms with E-state index in [1.807, 2.05) is 24.4 Å². The average molecular weight is 289 g/mol. The van der Waals surface area contributed by atoms with E-state index in [1.165, 1.54) is 0 Å². The van der Waals surface area contributed by atoms with Gasteiger partial charge in [-0.05, 0) is 18.2 Å². The van der Waals surface area contributed by atoms with E-state index in [9.17, 15) is 0 Å². The molecular formula is C14H13ClN4O. The Morgan fingerprint density at radius 2 is 2.20 bits per heavy atom. The zero-order chi connectivity index (χ0) is 14.1. The van der Waals surface area contributed by atoms with Crippen molar-refractivity contribution in [2.75, 3.05) is 19.5 Å². The molecule has 0 aliphatic rings. The van der Waals surface area contributed by atoms with Crippen molar-refractivity contribution < 1.29 is 4.74 Å². The molecule has 5 nitrogen and oxygen atoms in total. The van der Waals surface area contributed by atoms with Crippen molar-refractivity contribution in [3.8, 4) is 17.0 Å². The van der Waals surface area contributed by atoms with Gasteiger partial charge in [0, 0.05) is 29.7 Å². The van der Waals surface area contributed by atoms with Crippen LogP contribution in [0.2, 0.25) is 5.02 Å². The molecule has 20 heavy (non-hydrogen) atoms. The second-order valence-electron chi connectivity index (χ2n) is 4.25. The van der Waals surface area contributed by atoms with Crippen LogP contribution < -0.4 is 10.1 Å². The first-order chi connectivity index (χ1) is 9.72. The normalized spacial score (nSPS) is 10.8. The molecule has 0 aliphatic carbocycles. The number of nitrogens with one attached hydrogen (secondary N) is 2. The van der Waals surface area contributed by atoms with Crippen LogP contribution in [-0.4, -0.2) is 29.1 Å². The molecule has 2 heterocycles. The molecule has 2 aromatic heterocycles. The standard InChI is InChI=1S/C14H13ClN4O/c1-16-14-18-7-11(15)13(19-14)10-6-17-12-4-3-8(20-2)5-9(10)12/h3-7,17H,1-2H3,(H,16,18,19). The fourth-order valence-corrected chi connectivity index (χ4v) is 2.29. The topological polar surface area (TPSA) is 62.8 Å². The third kappa shape index (κ3) is 2.06. The third-order valence-corrected chi connectivity index (χ3v) is 3.39. The monoisotopic (exact) mass is 288 g/mol. The minimum absolute atomic E-state index is 0.507. The Morgan fingerprint density at radius 1 is 1.35 bits per heavy atom. The van der Waals surface area contributed by atoms with Gasteiger partial charge in [0.1, 0.15) is 5.75 Å². The molecule has 102 valence electrons. The molecule has 3 rings (SSSR count). The van der Waals surface area contributed by atoms with E-state index >= 15 is 0 Å². The number of H-pyrrole nitrogens is 1. The molecule has 0 radical (unpaired) electrons. The van der Waals surface area contributed by atoms with Crippen LogP contribution in [0.25, 0.3) is 22.2 Å². The zero-order valence-corrected chi connectivity index (χ0v) is 11.8. The highest BCUT2D eigenvalue weighted by Gasteiger charge is 2.13. The first kappa shape index (κ1) is 12.7. The maximum atomic E-state index is 6.22. The van der Waals surface area contributed by atoms with Crippen LogP contribution in [0, 0.1) is 0 Å². The number of nitrogens with zero attached hydrogens (tertiary/aromatic N) is 2. The van der Waals surface area contributed by atoms with Crippen LogP contribution in [0.15, 0.2) is 30.6 Å². The van der Waals surface area contributed by atoms with Crippen LogP contribution in [0.3, 0.4) is 0 Å². The highest BCUT2D eigenvalue weighted by atomic mass is 35.5. The molecule has 0 spiro atoms. The van der Waals surface area contributed by atoms with E-state index in [4.69, 9.17) is 16.3 Å². The van der Waals surface area contributed by atoms with E-state index < -0.39 is 0 Å². The lowest BCUT2D eigenvalue weighted by atomic mass is 10.1. The highest BCUT2D eigenvalue weighted by molar-refractivity contribution is 6.33. The van der Waals surface area contributed by atoms with E-state index in [-0.39, 0.29) is 0 Å².